The summed E-state index contributed by atoms with van der Waals surface area (Å²) in [6.45, 7) is 3.79. The predicted molar refractivity (Wildman–Crippen MR) is 96.6 cm³/mol. The summed E-state index contributed by atoms with van der Waals surface area (Å²) >= 11 is 0. The standard InChI is InChI=1S/C20H16N2O3/c1-11-3-4-13(6-18(11)23)16-8-19(24)15-7-14(20-9-21-10-25-20)12(2)5-17(15)22-16/h3-10,23H,1-2H3,(H,22,24). The van der Waals surface area contributed by atoms with Crippen molar-refractivity contribution in [2.75, 3.05) is 0 Å². The van der Waals surface area contributed by atoms with E-state index < -0.39 is 0 Å². The number of rotatable bonds is 2. The lowest BCUT2D eigenvalue weighted by molar-refractivity contribution is 0.471. The van der Waals surface area contributed by atoms with Gasteiger partial charge in [0, 0.05) is 28.3 Å². The summed E-state index contributed by atoms with van der Waals surface area (Å²) in [5.41, 5.74) is 4.69. The van der Waals surface area contributed by atoms with Crippen molar-refractivity contribution < 1.29 is 9.52 Å². The Hall–Kier alpha value is -3.34. The average molecular weight is 332 g/mol. The van der Waals surface area contributed by atoms with Gasteiger partial charge in [0.1, 0.15) is 5.75 Å². The minimum atomic E-state index is -0.0930. The second-order valence-corrected chi connectivity index (χ2v) is 6.13. The predicted octanol–water partition coefficient (Wildman–Crippen LogP) is 4.17. The van der Waals surface area contributed by atoms with Crippen molar-refractivity contribution in [1.29, 1.82) is 0 Å². The van der Waals surface area contributed by atoms with Crippen LogP contribution in [0.4, 0.5) is 0 Å². The molecular formula is C20H16N2O3. The fraction of sp³-hybridized carbons (Fsp3) is 0.100. The van der Waals surface area contributed by atoms with Crippen LogP contribution in [0.1, 0.15) is 11.1 Å². The zero-order chi connectivity index (χ0) is 17.6. The molecule has 4 aromatic rings. The second kappa shape index (κ2) is 5.63. The van der Waals surface area contributed by atoms with Crippen molar-refractivity contribution in [2.24, 2.45) is 0 Å². The van der Waals surface area contributed by atoms with Gasteiger partial charge in [-0.15, -0.1) is 0 Å². The number of fused-ring (bicyclic) bond motifs is 1. The lowest BCUT2D eigenvalue weighted by Gasteiger charge is -2.09. The van der Waals surface area contributed by atoms with Gasteiger partial charge in [-0.05, 0) is 43.2 Å². The van der Waals surface area contributed by atoms with Gasteiger partial charge in [0.2, 0.25) is 0 Å². The van der Waals surface area contributed by atoms with Crippen LogP contribution < -0.4 is 5.43 Å². The Balaban J connectivity index is 1.92. The Morgan fingerprint density at radius 1 is 1.08 bits per heavy atom. The molecule has 0 unspecified atom stereocenters. The molecule has 5 heteroatoms. The number of aromatic hydroxyl groups is 1. The van der Waals surface area contributed by atoms with Gasteiger partial charge >= 0.3 is 0 Å². The maximum Gasteiger partial charge on any atom is 0.190 e. The number of hydrogen-bond donors (Lipinski definition) is 2. The Morgan fingerprint density at radius 2 is 1.92 bits per heavy atom. The molecule has 0 spiro atoms. The van der Waals surface area contributed by atoms with Crippen molar-refractivity contribution in [2.45, 2.75) is 13.8 Å². The number of aryl methyl sites for hydroxylation is 2. The van der Waals surface area contributed by atoms with E-state index >= 15 is 0 Å². The minimum absolute atomic E-state index is 0.0930. The van der Waals surface area contributed by atoms with Gasteiger partial charge in [-0.1, -0.05) is 12.1 Å². The molecule has 0 atom stereocenters. The van der Waals surface area contributed by atoms with Crippen LogP contribution in [0, 0.1) is 13.8 Å². The molecule has 0 aliphatic rings. The van der Waals surface area contributed by atoms with Crippen LogP contribution in [-0.2, 0) is 0 Å². The molecule has 0 saturated heterocycles. The van der Waals surface area contributed by atoms with Crippen LogP contribution in [0.5, 0.6) is 5.75 Å². The lowest BCUT2D eigenvalue weighted by Crippen LogP contribution is -2.04. The summed E-state index contributed by atoms with van der Waals surface area (Å²) in [5, 5.41) is 10.5. The molecule has 0 aliphatic carbocycles. The molecule has 0 fully saturated rings. The molecular weight excluding hydrogens is 316 g/mol. The number of nitrogens with zero attached hydrogens (tertiary/aromatic N) is 1. The maximum atomic E-state index is 12.6. The summed E-state index contributed by atoms with van der Waals surface area (Å²) in [6.07, 6.45) is 3.00. The number of benzene rings is 2. The third kappa shape index (κ3) is 2.59. The zero-order valence-corrected chi connectivity index (χ0v) is 13.8. The first-order valence-electron chi connectivity index (χ1n) is 7.89. The van der Waals surface area contributed by atoms with Crippen molar-refractivity contribution in [1.82, 2.24) is 9.97 Å². The molecule has 0 saturated carbocycles. The lowest BCUT2D eigenvalue weighted by atomic mass is 10.0. The largest absolute Gasteiger partial charge is 0.508 e. The van der Waals surface area contributed by atoms with Gasteiger partial charge < -0.3 is 14.5 Å². The van der Waals surface area contributed by atoms with Crippen molar-refractivity contribution in [3.05, 3.63) is 70.3 Å². The van der Waals surface area contributed by atoms with E-state index in [-0.39, 0.29) is 11.2 Å². The van der Waals surface area contributed by atoms with Gasteiger partial charge in [-0.3, -0.25) is 4.79 Å². The van der Waals surface area contributed by atoms with E-state index in [0.717, 1.165) is 27.8 Å². The number of hydrogen-bond acceptors (Lipinski definition) is 4. The fourth-order valence-corrected chi connectivity index (χ4v) is 2.95. The summed E-state index contributed by atoms with van der Waals surface area (Å²) in [5.74, 6) is 0.835. The van der Waals surface area contributed by atoms with E-state index in [1.54, 1.807) is 18.3 Å². The van der Waals surface area contributed by atoms with Gasteiger partial charge in [-0.25, -0.2) is 4.98 Å². The van der Waals surface area contributed by atoms with E-state index in [4.69, 9.17) is 4.42 Å². The van der Waals surface area contributed by atoms with Crippen LogP contribution >= 0.6 is 0 Å². The molecule has 0 amide bonds. The molecule has 0 bridgehead atoms. The smallest absolute Gasteiger partial charge is 0.190 e. The number of aromatic amines is 1. The summed E-state index contributed by atoms with van der Waals surface area (Å²) in [4.78, 5) is 19.9. The van der Waals surface area contributed by atoms with Crippen LogP contribution in [-0.4, -0.2) is 15.1 Å². The number of H-pyrrole nitrogens is 1. The molecule has 2 heterocycles. The monoisotopic (exact) mass is 332 g/mol. The normalized spacial score (nSPS) is 11.1. The van der Waals surface area contributed by atoms with Gasteiger partial charge in [0.05, 0.1) is 11.7 Å². The van der Waals surface area contributed by atoms with E-state index in [1.165, 1.54) is 6.39 Å². The second-order valence-electron chi connectivity index (χ2n) is 6.13. The number of nitrogens with one attached hydrogen (secondary N) is 1. The first-order chi connectivity index (χ1) is 12.0. The highest BCUT2D eigenvalue weighted by molar-refractivity contribution is 5.87. The molecule has 25 heavy (non-hydrogen) atoms. The Bertz CT molecular complexity index is 1140. The summed E-state index contributed by atoms with van der Waals surface area (Å²) in [6, 6.07) is 10.6. The van der Waals surface area contributed by atoms with Crippen molar-refractivity contribution in [3.63, 3.8) is 0 Å². The van der Waals surface area contributed by atoms with Crippen LogP contribution in [0.2, 0.25) is 0 Å². The maximum absolute atomic E-state index is 12.6. The molecule has 0 aliphatic heterocycles. The number of pyridine rings is 1. The molecule has 2 aromatic heterocycles. The first-order valence-corrected chi connectivity index (χ1v) is 7.89. The number of phenols is 1. The quantitative estimate of drug-likeness (QED) is 0.577. The Morgan fingerprint density at radius 3 is 2.64 bits per heavy atom. The van der Waals surface area contributed by atoms with E-state index in [0.29, 0.717) is 16.8 Å². The highest BCUT2D eigenvalue weighted by Gasteiger charge is 2.11. The third-order valence-corrected chi connectivity index (χ3v) is 4.39. The van der Waals surface area contributed by atoms with E-state index in [1.807, 2.05) is 38.1 Å². The van der Waals surface area contributed by atoms with Gasteiger partial charge in [0.15, 0.2) is 17.6 Å². The third-order valence-electron chi connectivity index (χ3n) is 4.39. The van der Waals surface area contributed by atoms with Gasteiger partial charge in [0.25, 0.3) is 0 Å². The number of oxazole rings is 1. The Labute approximate surface area is 143 Å². The topological polar surface area (TPSA) is 79.1 Å². The highest BCUT2D eigenvalue weighted by atomic mass is 16.3. The number of aromatic nitrogens is 2. The summed E-state index contributed by atoms with van der Waals surface area (Å²) in [7, 11) is 0. The van der Waals surface area contributed by atoms with Gasteiger partial charge in [-0.2, -0.15) is 0 Å². The van der Waals surface area contributed by atoms with E-state index in [9.17, 15) is 9.90 Å². The fourth-order valence-electron chi connectivity index (χ4n) is 2.95. The first kappa shape index (κ1) is 15.2. The highest BCUT2D eigenvalue weighted by Crippen LogP contribution is 2.29. The van der Waals surface area contributed by atoms with Crippen LogP contribution in [0.3, 0.4) is 0 Å². The van der Waals surface area contributed by atoms with Crippen LogP contribution in [0.15, 0.2) is 58.2 Å². The van der Waals surface area contributed by atoms with Crippen molar-refractivity contribution >= 4 is 10.9 Å². The summed E-state index contributed by atoms with van der Waals surface area (Å²) < 4.78 is 5.36. The van der Waals surface area contributed by atoms with Crippen LogP contribution in [0.25, 0.3) is 33.5 Å². The average Bonchev–Trinajstić information content (AvgIpc) is 3.11. The molecule has 0 radical (unpaired) electrons. The molecule has 2 aromatic carbocycles. The SMILES string of the molecule is Cc1ccc(-c2cc(=O)c3cc(-c4cnco4)c(C)cc3[nH]2)cc1O. The molecule has 2 N–H and O–H groups in total. The van der Waals surface area contributed by atoms with Crippen molar-refractivity contribution in [3.8, 4) is 28.3 Å². The molecule has 5 nitrogen and oxygen atoms in total. The Kier molecular flexibility index (Phi) is 3.42. The molecule has 124 valence electrons. The molecule has 4 rings (SSSR count). The minimum Gasteiger partial charge on any atom is -0.508 e. The van der Waals surface area contributed by atoms with E-state index in [2.05, 4.69) is 9.97 Å². The zero-order valence-electron chi connectivity index (χ0n) is 13.8. The number of phenolic OH excluding ortho intramolecular Hbond substituents is 1.